The second-order valence-electron chi connectivity index (χ2n) is 7.52. The lowest BCUT2D eigenvalue weighted by atomic mass is 10.2. The van der Waals surface area contributed by atoms with Crippen molar-refractivity contribution in [1.29, 1.82) is 0 Å². The van der Waals surface area contributed by atoms with Gasteiger partial charge in [0.15, 0.2) is 5.13 Å². The topological polar surface area (TPSA) is 79.4 Å². The molecule has 0 bridgehead atoms. The lowest BCUT2D eigenvalue weighted by molar-refractivity contribution is 0.0951. The molecule has 7 nitrogen and oxygen atoms in total. The fourth-order valence-electron chi connectivity index (χ4n) is 3.61. The normalized spacial score (nSPS) is 13.8. The van der Waals surface area contributed by atoms with Crippen LogP contribution in [0.1, 0.15) is 15.9 Å². The van der Waals surface area contributed by atoms with E-state index in [-0.39, 0.29) is 5.91 Å². The van der Waals surface area contributed by atoms with Gasteiger partial charge in [0.1, 0.15) is 0 Å². The third-order valence-corrected chi connectivity index (χ3v) is 6.25. The number of fused-ring (bicyclic) bond motifs is 1. The highest BCUT2D eigenvalue weighted by Crippen LogP contribution is 2.30. The molecule has 0 spiro atoms. The van der Waals surface area contributed by atoms with E-state index in [9.17, 15) is 4.79 Å². The highest BCUT2D eigenvalue weighted by Gasteiger charge is 2.12. The predicted molar refractivity (Wildman–Crippen MR) is 128 cm³/mol. The first-order valence-electron chi connectivity index (χ1n) is 10.5. The average Bonchev–Trinajstić information content (AvgIpc) is 3.25. The van der Waals surface area contributed by atoms with Crippen molar-refractivity contribution in [3.63, 3.8) is 0 Å². The number of carbonyl (C=O) groups excluding carboxylic acids is 1. The monoisotopic (exact) mass is 445 g/mol. The van der Waals surface area contributed by atoms with Crippen molar-refractivity contribution >= 4 is 44.0 Å². The van der Waals surface area contributed by atoms with E-state index < -0.39 is 0 Å². The lowest BCUT2D eigenvalue weighted by Crippen LogP contribution is -2.36. The summed E-state index contributed by atoms with van der Waals surface area (Å²) in [5.41, 5.74) is 4.63. The molecule has 0 saturated carbocycles. The van der Waals surface area contributed by atoms with Crippen molar-refractivity contribution in [3.05, 3.63) is 78.1 Å². The summed E-state index contributed by atoms with van der Waals surface area (Å²) in [6, 6.07) is 17.7. The molecule has 3 heterocycles. The van der Waals surface area contributed by atoms with Crippen LogP contribution in [0.15, 0.2) is 67.0 Å². The average molecular weight is 446 g/mol. The Morgan fingerprint density at radius 3 is 2.72 bits per heavy atom. The summed E-state index contributed by atoms with van der Waals surface area (Å²) in [4.78, 5) is 23.6. The first-order valence-corrected chi connectivity index (χ1v) is 11.3. The van der Waals surface area contributed by atoms with Crippen molar-refractivity contribution in [2.45, 2.75) is 6.54 Å². The summed E-state index contributed by atoms with van der Waals surface area (Å²) in [5.74, 6) is -0.114. The van der Waals surface area contributed by atoms with Crippen LogP contribution in [0.2, 0.25) is 0 Å². The van der Waals surface area contributed by atoms with Gasteiger partial charge in [-0.05, 0) is 54.1 Å². The molecule has 2 aromatic heterocycles. The van der Waals surface area contributed by atoms with E-state index in [1.54, 1.807) is 12.4 Å². The number of morpholine rings is 1. The molecular weight excluding hydrogens is 422 g/mol. The molecule has 4 aromatic rings. The molecule has 8 heteroatoms. The Balaban J connectivity index is 1.25. The largest absolute Gasteiger partial charge is 0.378 e. The number of nitrogens with zero attached hydrogens (tertiary/aromatic N) is 3. The van der Waals surface area contributed by atoms with E-state index in [1.165, 1.54) is 17.0 Å². The maximum atomic E-state index is 12.5. The third kappa shape index (κ3) is 4.71. The molecule has 0 unspecified atom stereocenters. The van der Waals surface area contributed by atoms with Crippen LogP contribution in [0.25, 0.3) is 10.2 Å². The van der Waals surface area contributed by atoms with Gasteiger partial charge in [-0.2, -0.15) is 0 Å². The number of nitrogens with one attached hydrogen (secondary N) is 2. The van der Waals surface area contributed by atoms with Crippen LogP contribution in [0.5, 0.6) is 0 Å². The molecule has 1 aliphatic rings. The Hall–Kier alpha value is -3.49. The van der Waals surface area contributed by atoms with Gasteiger partial charge in [0.2, 0.25) is 0 Å². The molecule has 1 fully saturated rings. The van der Waals surface area contributed by atoms with E-state index in [2.05, 4.69) is 49.8 Å². The summed E-state index contributed by atoms with van der Waals surface area (Å²) < 4.78 is 6.39. The van der Waals surface area contributed by atoms with Crippen LogP contribution < -0.4 is 15.5 Å². The quantitative estimate of drug-likeness (QED) is 0.463. The summed E-state index contributed by atoms with van der Waals surface area (Å²) in [7, 11) is 0. The molecule has 32 heavy (non-hydrogen) atoms. The highest BCUT2D eigenvalue weighted by molar-refractivity contribution is 7.22. The number of carbonyl (C=O) groups is 1. The Kier molecular flexibility index (Phi) is 5.96. The summed E-state index contributed by atoms with van der Waals surface area (Å²) in [6.45, 7) is 3.83. The maximum absolute atomic E-state index is 12.5. The number of hydrogen-bond acceptors (Lipinski definition) is 7. The summed E-state index contributed by atoms with van der Waals surface area (Å²) >= 11 is 1.53. The molecule has 0 atom stereocenters. The molecule has 2 aromatic carbocycles. The maximum Gasteiger partial charge on any atom is 0.251 e. The number of hydrogen-bond donors (Lipinski definition) is 2. The minimum absolute atomic E-state index is 0.114. The van der Waals surface area contributed by atoms with Gasteiger partial charge in [0, 0.05) is 49.0 Å². The van der Waals surface area contributed by atoms with E-state index in [1.807, 2.05) is 30.3 Å². The SMILES string of the molecule is O=C(NCc1cccnc1)c1ccc2nc(Nc3ccc(N4CCOCC4)cc3)sc2c1. The number of anilines is 3. The van der Waals surface area contributed by atoms with Crippen LogP contribution in [0.4, 0.5) is 16.5 Å². The van der Waals surface area contributed by atoms with Gasteiger partial charge < -0.3 is 20.3 Å². The number of pyridine rings is 1. The number of amides is 1. The van der Waals surface area contributed by atoms with Crippen molar-refractivity contribution in [1.82, 2.24) is 15.3 Å². The smallest absolute Gasteiger partial charge is 0.251 e. The number of rotatable bonds is 6. The van der Waals surface area contributed by atoms with Gasteiger partial charge in [0.05, 0.1) is 23.4 Å². The zero-order chi connectivity index (χ0) is 21.8. The Bertz CT molecular complexity index is 1200. The third-order valence-electron chi connectivity index (χ3n) is 5.32. The molecule has 0 aliphatic carbocycles. The molecule has 5 rings (SSSR count). The van der Waals surface area contributed by atoms with Gasteiger partial charge in [-0.25, -0.2) is 4.98 Å². The predicted octanol–water partition coefficient (Wildman–Crippen LogP) is 4.20. The summed E-state index contributed by atoms with van der Waals surface area (Å²) in [6.07, 6.45) is 3.46. The second-order valence-corrected chi connectivity index (χ2v) is 8.55. The fourth-order valence-corrected chi connectivity index (χ4v) is 4.53. The first kappa shape index (κ1) is 20.4. The standard InChI is InChI=1S/C24H23N5O2S/c30-23(26-16-17-2-1-9-25-15-17)18-3-8-21-22(14-18)32-24(28-21)27-19-4-6-20(7-5-19)29-10-12-31-13-11-29/h1-9,14-15H,10-13,16H2,(H,26,30)(H,27,28). The van der Waals surface area contributed by atoms with Gasteiger partial charge in [-0.3, -0.25) is 9.78 Å². The number of ether oxygens (including phenoxy) is 1. The molecule has 0 radical (unpaired) electrons. The van der Waals surface area contributed by atoms with Gasteiger partial charge in [0.25, 0.3) is 5.91 Å². The molecule has 1 saturated heterocycles. The Morgan fingerprint density at radius 2 is 1.94 bits per heavy atom. The molecule has 1 aliphatic heterocycles. The zero-order valence-corrected chi connectivity index (χ0v) is 18.3. The summed E-state index contributed by atoms with van der Waals surface area (Å²) in [5, 5.41) is 7.11. The molecular formula is C24H23N5O2S. The van der Waals surface area contributed by atoms with Crippen molar-refractivity contribution in [2.24, 2.45) is 0 Å². The number of benzene rings is 2. The van der Waals surface area contributed by atoms with Gasteiger partial charge in [-0.1, -0.05) is 17.4 Å². The second kappa shape index (κ2) is 9.33. The lowest BCUT2D eigenvalue weighted by Gasteiger charge is -2.28. The van der Waals surface area contributed by atoms with Crippen LogP contribution in [-0.2, 0) is 11.3 Å². The van der Waals surface area contributed by atoms with E-state index in [4.69, 9.17) is 4.74 Å². The molecule has 2 N–H and O–H groups in total. The van der Waals surface area contributed by atoms with Gasteiger partial charge in [-0.15, -0.1) is 0 Å². The Labute approximate surface area is 190 Å². The number of aromatic nitrogens is 2. The zero-order valence-electron chi connectivity index (χ0n) is 17.5. The minimum Gasteiger partial charge on any atom is -0.378 e. The molecule has 1 amide bonds. The van der Waals surface area contributed by atoms with Crippen molar-refractivity contribution in [2.75, 3.05) is 36.5 Å². The number of thiazole rings is 1. The van der Waals surface area contributed by atoms with E-state index >= 15 is 0 Å². The van der Waals surface area contributed by atoms with Gasteiger partial charge >= 0.3 is 0 Å². The Morgan fingerprint density at radius 1 is 1.09 bits per heavy atom. The van der Waals surface area contributed by atoms with Crippen LogP contribution in [-0.4, -0.2) is 42.2 Å². The first-order chi connectivity index (χ1) is 15.7. The van der Waals surface area contributed by atoms with E-state index in [0.29, 0.717) is 12.1 Å². The van der Waals surface area contributed by atoms with Crippen LogP contribution in [0.3, 0.4) is 0 Å². The highest BCUT2D eigenvalue weighted by atomic mass is 32.1. The molecule has 162 valence electrons. The van der Waals surface area contributed by atoms with Crippen molar-refractivity contribution < 1.29 is 9.53 Å². The minimum atomic E-state index is -0.114. The van der Waals surface area contributed by atoms with Crippen LogP contribution >= 0.6 is 11.3 Å². The van der Waals surface area contributed by atoms with E-state index in [0.717, 1.165) is 52.9 Å². The fraction of sp³-hybridized carbons (Fsp3) is 0.208. The van der Waals surface area contributed by atoms with Crippen molar-refractivity contribution in [3.8, 4) is 0 Å². The van der Waals surface area contributed by atoms with Crippen LogP contribution in [0, 0.1) is 0 Å².